The Morgan fingerprint density at radius 2 is 2.28 bits per heavy atom. The lowest BCUT2D eigenvalue weighted by atomic mass is 10.3. The summed E-state index contributed by atoms with van der Waals surface area (Å²) in [6.07, 6.45) is 1.71. The molecule has 2 unspecified atom stereocenters. The monoisotopic (exact) mass is 396 g/mol. The van der Waals surface area contributed by atoms with Gasteiger partial charge in [-0.15, -0.1) is 11.6 Å². The maximum absolute atomic E-state index is 11.3. The van der Waals surface area contributed by atoms with E-state index in [0.717, 1.165) is 20.4 Å². The van der Waals surface area contributed by atoms with E-state index in [1.165, 1.54) is 0 Å². The molecule has 0 amide bonds. The van der Waals surface area contributed by atoms with Crippen LogP contribution in [0.1, 0.15) is 18.1 Å². The predicted molar refractivity (Wildman–Crippen MR) is 85.7 cm³/mol. The highest BCUT2D eigenvalue weighted by Crippen LogP contribution is 2.25. The Labute approximate surface area is 128 Å². The van der Waals surface area contributed by atoms with Crippen LogP contribution >= 0.6 is 34.2 Å². The number of alkyl halides is 1. The summed E-state index contributed by atoms with van der Waals surface area (Å²) in [7, 11) is -0.812. The van der Waals surface area contributed by atoms with Gasteiger partial charge in [0.2, 0.25) is 0 Å². The molecule has 0 N–H and O–H groups in total. The molecular weight excluding hydrogens is 383 g/mol. The molecule has 0 aliphatic carbocycles. The van der Waals surface area contributed by atoms with Gasteiger partial charge in [0, 0.05) is 32.9 Å². The van der Waals surface area contributed by atoms with Crippen molar-refractivity contribution in [2.75, 3.05) is 12.0 Å². The second-order valence-corrected chi connectivity index (χ2v) is 7.60. The lowest BCUT2D eigenvalue weighted by molar-refractivity contribution is 0.672. The first kappa shape index (κ1) is 14.3. The Kier molecular flexibility index (Phi) is 4.66. The van der Waals surface area contributed by atoms with Gasteiger partial charge in [-0.25, -0.2) is 4.98 Å². The van der Waals surface area contributed by atoms with Gasteiger partial charge in [-0.2, -0.15) is 0 Å². The normalized spacial score (nSPS) is 14.9. The summed E-state index contributed by atoms with van der Waals surface area (Å²) < 4.78 is 14.5. The summed E-state index contributed by atoms with van der Waals surface area (Å²) in [6, 6.07) is 6.14. The van der Waals surface area contributed by atoms with Crippen LogP contribution in [0.15, 0.2) is 18.2 Å². The number of fused-ring (bicyclic) bond motifs is 1. The molecule has 1 heterocycles. The Morgan fingerprint density at radius 3 is 2.89 bits per heavy atom. The topological polar surface area (TPSA) is 34.9 Å². The van der Waals surface area contributed by atoms with E-state index in [1.54, 1.807) is 6.26 Å². The van der Waals surface area contributed by atoms with Gasteiger partial charge >= 0.3 is 0 Å². The van der Waals surface area contributed by atoms with E-state index in [4.69, 9.17) is 11.6 Å². The fourth-order valence-electron chi connectivity index (χ4n) is 1.88. The van der Waals surface area contributed by atoms with E-state index < -0.39 is 10.8 Å². The van der Waals surface area contributed by atoms with Crippen molar-refractivity contribution in [1.82, 2.24) is 9.55 Å². The van der Waals surface area contributed by atoms with E-state index in [2.05, 4.69) is 32.1 Å². The second kappa shape index (κ2) is 5.88. The Morgan fingerprint density at radius 1 is 1.56 bits per heavy atom. The average Bonchev–Trinajstić information content (AvgIpc) is 2.64. The van der Waals surface area contributed by atoms with Crippen molar-refractivity contribution >= 4 is 56.0 Å². The standard InChI is InChI=1S/C12H14ClIN2OS/c1-8(13)12-15-10-7-9(14)3-4-11(10)16(12)5-6-18(2)17/h3-4,7-8H,5-6H2,1-2H3. The van der Waals surface area contributed by atoms with E-state index in [9.17, 15) is 4.21 Å². The molecule has 2 rings (SSSR count). The molecule has 18 heavy (non-hydrogen) atoms. The van der Waals surface area contributed by atoms with Gasteiger partial charge in [0.25, 0.3) is 0 Å². The third-order valence-electron chi connectivity index (χ3n) is 2.70. The number of hydrogen-bond donors (Lipinski definition) is 0. The highest BCUT2D eigenvalue weighted by atomic mass is 127. The maximum atomic E-state index is 11.3. The molecule has 0 saturated carbocycles. The Balaban J connectivity index is 2.52. The van der Waals surface area contributed by atoms with Gasteiger partial charge in [0.15, 0.2) is 0 Å². The van der Waals surface area contributed by atoms with Crippen LogP contribution in [0.5, 0.6) is 0 Å². The van der Waals surface area contributed by atoms with Crippen molar-refractivity contribution in [3.63, 3.8) is 0 Å². The molecule has 6 heteroatoms. The molecule has 0 aliphatic heterocycles. The smallest absolute Gasteiger partial charge is 0.127 e. The molecule has 98 valence electrons. The maximum Gasteiger partial charge on any atom is 0.127 e. The van der Waals surface area contributed by atoms with Gasteiger partial charge in [-0.3, -0.25) is 4.21 Å². The van der Waals surface area contributed by atoms with Crippen LogP contribution in [0.2, 0.25) is 0 Å². The molecule has 0 fully saturated rings. The van der Waals surface area contributed by atoms with Crippen LogP contribution in [-0.4, -0.2) is 25.8 Å². The first-order valence-electron chi connectivity index (χ1n) is 5.59. The van der Waals surface area contributed by atoms with E-state index in [0.29, 0.717) is 12.3 Å². The van der Waals surface area contributed by atoms with Crippen LogP contribution in [-0.2, 0) is 17.3 Å². The minimum atomic E-state index is -0.812. The lowest BCUT2D eigenvalue weighted by Gasteiger charge is -2.09. The van der Waals surface area contributed by atoms with E-state index in [1.807, 2.05) is 25.1 Å². The zero-order chi connectivity index (χ0) is 13.3. The summed E-state index contributed by atoms with van der Waals surface area (Å²) >= 11 is 8.44. The van der Waals surface area contributed by atoms with E-state index >= 15 is 0 Å². The minimum Gasteiger partial charge on any atom is -0.326 e. The van der Waals surface area contributed by atoms with Crippen molar-refractivity contribution < 1.29 is 4.21 Å². The Bertz CT molecular complexity index is 597. The molecule has 0 aliphatic rings. The summed E-state index contributed by atoms with van der Waals surface area (Å²) in [5.74, 6) is 1.47. The van der Waals surface area contributed by atoms with Crippen LogP contribution in [0.25, 0.3) is 11.0 Å². The van der Waals surface area contributed by atoms with Crippen LogP contribution < -0.4 is 0 Å². The minimum absolute atomic E-state index is 0.152. The largest absolute Gasteiger partial charge is 0.326 e. The second-order valence-electron chi connectivity index (χ2n) is 4.15. The van der Waals surface area contributed by atoms with Crippen molar-refractivity contribution in [3.05, 3.63) is 27.6 Å². The SMILES string of the molecule is CC(Cl)c1nc2cc(I)ccc2n1CCS(C)=O. The number of nitrogens with zero attached hydrogens (tertiary/aromatic N) is 2. The number of benzene rings is 1. The van der Waals surface area contributed by atoms with Crippen LogP contribution in [0.3, 0.4) is 0 Å². The summed E-state index contributed by atoms with van der Waals surface area (Å²) in [4.78, 5) is 4.58. The number of rotatable bonds is 4. The van der Waals surface area contributed by atoms with Crippen molar-refractivity contribution in [2.45, 2.75) is 18.8 Å². The number of halogens is 2. The first-order chi connectivity index (χ1) is 8.49. The third-order valence-corrected chi connectivity index (χ3v) is 4.32. The fraction of sp³-hybridized carbons (Fsp3) is 0.417. The third kappa shape index (κ3) is 3.05. The molecule has 0 bridgehead atoms. The lowest BCUT2D eigenvalue weighted by Crippen LogP contribution is -2.10. The van der Waals surface area contributed by atoms with Gasteiger partial charge in [0.05, 0.1) is 16.4 Å². The summed E-state index contributed by atoms with van der Waals surface area (Å²) in [5, 5.41) is -0.152. The fourth-order valence-corrected chi connectivity index (χ4v) is 2.96. The van der Waals surface area contributed by atoms with Crippen LogP contribution in [0.4, 0.5) is 0 Å². The molecule has 3 nitrogen and oxygen atoms in total. The van der Waals surface area contributed by atoms with Crippen molar-refractivity contribution in [3.8, 4) is 0 Å². The number of imidazole rings is 1. The number of aromatic nitrogens is 2. The number of aryl methyl sites for hydroxylation is 1. The number of hydrogen-bond acceptors (Lipinski definition) is 2. The first-order valence-corrected chi connectivity index (χ1v) is 8.83. The van der Waals surface area contributed by atoms with Crippen molar-refractivity contribution in [2.24, 2.45) is 0 Å². The van der Waals surface area contributed by atoms with E-state index in [-0.39, 0.29) is 5.38 Å². The molecule has 2 aromatic rings. The van der Waals surface area contributed by atoms with Gasteiger partial charge in [0.1, 0.15) is 5.82 Å². The van der Waals surface area contributed by atoms with Gasteiger partial charge in [-0.05, 0) is 47.7 Å². The molecular formula is C12H14ClIN2OS. The molecule has 2 atom stereocenters. The van der Waals surface area contributed by atoms with Crippen LogP contribution in [0, 0.1) is 3.57 Å². The van der Waals surface area contributed by atoms with Gasteiger partial charge in [-0.1, -0.05) is 0 Å². The summed E-state index contributed by atoms with van der Waals surface area (Å²) in [5.41, 5.74) is 2.01. The highest BCUT2D eigenvalue weighted by molar-refractivity contribution is 14.1. The highest BCUT2D eigenvalue weighted by Gasteiger charge is 2.15. The molecule has 1 aromatic heterocycles. The zero-order valence-electron chi connectivity index (χ0n) is 10.2. The van der Waals surface area contributed by atoms with Crippen molar-refractivity contribution in [1.29, 1.82) is 0 Å². The zero-order valence-corrected chi connectivity index (χ0v) is 13.9. The van der Waals surface area contributed by atoms with Gasteiger partial charge < -0.3 is 4.57 Å². The summed E-state index contributed by atoms with van der Waals surface area (Å²) in [6.45, 7) is 2.60. The molecule has 1 aromatic carbocycles. The molecule has 0 spiro atoms. The molecule has 0 saturated heterocycles. The average molecular weight is 397 g/mol. The molecule has 0 radical (unpaired) electrons. The predicted octanol–water partition coefficient (Wildman–Crippen LogP) is 3.32. The Hall–Kier alpha value is -0.140. The quantitative estimate of drug-likeness (QED) is 0.587.